The lowest BCUT2D eigenvalue weighted by molar-refractivity contribution is -0.143. The number of nitrogens with zero attached hydrogens (tertiary/aromatic N) is 2. The summed E-state index contributed by atoms with van der Waals surface area (Å²) in [6.45, 7) is 10.3. The van der Waals surface area contributed by atoms with E-state index in [4.69, 9.17) is 17.2 Å². The Morgan fingerprint density at radius 2 is 1.28 bits per heavy atom. The van der Waals surface area contributed by atoms with Crippen molar-refractivity contribution >= 4 is 59.2 Å². The summed E-state index contributed by atoms with van der Waals surface area (Å²) in [4.78, 5) is 122. The van der Waals surface area contributed by atoms with E-state index >= 15 is 0 Å². The van der Waals surface area contributed by atoms with E-state index in [-0.39, 0.29) is 69.5 Å². The topological polar surface area (TPSA) is 372 Å². The van der Waals surface area contributed by atoms with Crippen LogP contribution >= 0.6 is 0 Å². The van der Waals surface area contributed by atoms with Gasteiger partial charge >= 0.3 is 5.97 Å². The molecule has 0 bridgehead atoms. The molecule has 1 rings (SSSR count). The number of amides is 8. The summed E-state index contributed by atoms with van der Waals surface area (Å²) in [5, 5.41) is 36.9. The summed E-state index contributed by atoms with van der Waals surface area (Å²) < 4.78 is 0. The number of aliphatic carboxylic acids is 1. The second-order valence-electron chi connectivity index (χ2n) is 16.2. The van der Waals surface area contributed by atoms with Crippen molar-refractivity contribution in [3.63, 3.8) is 0 Å². The van der Waals surface area contributed by atoms with Gasteiger partial charge in [-0.05, 0) is 63.2 Å². The minimum atomic E-state index is -1.51. The second-order valence-corrected chi connectivity index (χ2v) is 16.2. The van der Waals surface area contributed by atoms with E-state index in [0.717, 1.165) is 0 Å². The van der Waals surface area contributed by atoms with Crippen LogP contribution < -0.4 is 54.4 Å². The van der Waals surface area contributed by atoms with Gasteiger partial charge in [-0.15, -0.1) is 0 Å². The molecule has 0 aromatic rings. The highest BCUT2D eigenvalue weighted by atomic mass is 16.4. The number of hydrogen-bond acceptors (Lipinski definition) is 12. The summed E-state index contributed by atoms with van der Waals surface area (Å²) >= 11 is 0. The Labute approximate surface area is 356 Å². The van der Waals surface area contributed by atoms with E-state index in [2.05, 4.69) is 42.2 Å². The van der Waals surface area contributed by atoms with Crippen LogP contribution in [0, 0.1) is 17.8 Å². The zero-order valence-electron chi connectivity index (χ0n) is 36.2. The van der Waals surface area contributed by atoms with Gasteiger partial charge in [0.25, 0.3) is 0 Å². The number of aliphatic imine (C=N–C) groups is 1. The quantitative estimate of drug-likeness (QED) is 0.0223. The molecule has 1 saturated heterocycles. The molecular weight excluding hydrogens is 800 g/mol. The normalized spacial score (nSPS) is 16.6. The molecule has 0 aliphatic carbocycles. The van der Waals surface area contributed by atoms with Crippen molar-refractivity contribution in [3.8, 4) is 0 Å². The third-order valence-electron chi connectivity index (χ3n) is 9.52. The molecule has 0 aromatic heterocycles. The molecule has 0 unspecified atom stereocenters. The molecule has 1 fully saturated rings. The average Bonchev–Trinajstić information content (AvgIpc) is 3.67. The molecule has 23 heteroatoms. The Kier molecular flexibility index (Phi) is 23.3. The van der Waals surface area contributed by atoms with Crippen molar-refractivity contribution in [2.75, 3.05) is 32.8 Å². The minimum absolute atomic E-state index is 0.0168. The number of aliphatic hydroxyl groups excluding tert-OH is 1. The fourth-order valence-corrected chi connectivity index (χ4v) is 6.35. The minimum Gasteiger partial charge on any atom is -0.480 e. The highest BCUT2D eigenvalue weighted by Gasteiger charge is 2.40. The number of aliphatic hydroxyl groups is 1. The number of guanidine groups is 1. The molecular formula is C38H68N12O11. The van der Waals surface area contributed by atoms with Crippen molar-refractivity contribution in [1.29, 1.82) is 0 Å². The molecule has 7 atom stereocenters. The van der Waals surface area contributed by atoms with Crippen LogP contribution in [0.15, 0.2) is 4.99 Å². The molecule has 1 aliphatic rings. The number of likely N-dealkylation sites (tertiary alicyclic amines) is 1. The summed E-state index contributed by atoms with van der Waals surface area (Å²) in [5.41, 5.74) is 16.1. The van der Waals surface area contributed by atoms with Crippen LogP contribution in [0.3, 0.4) is 0 Å². The number of nitrogens with one attached hydrogen (secondary N) is 7. The first-order valence-electron chi connectivity index (χ1n) is 20.5. The number of carbonyl (C=O) groups is 9. The van der Waals surface area contributed by atoms with Gasteiger partial charge in [0.05, 0.1) is 19.7 Å². The van der Waals surface area contributed by atoms with Crippen LogP contribution in [0.2, 0.25) is 0 Å². The molecule has 15 N–H and O–H groups in total. The summed E-state index contributed by atoms with van der Waals surface area (Å²) in [5.74, 6) is -7.80. The Hall–Kier alpha value is -5.58. The molecule has 0 saturated carbocycles. The van der Waals surface area contributed by atoms with Gasteiger partial charge in [-0.2, -0.15) is 0 Å². The van der Waals surface area contributed by atoms with Crippen molar-refractivity contribution in [2.24, 2.45) is 39.9 Å². The smallest absolute Gasteiger partial charge is 0.325 e. The molecule has 0 aromatic carbocycles. The van der Waals surface area contributed by atoms with Crippen molar-refractivity contribution in [3.05, 3.63) is 0 Å². The number of nitrogens with two attached hydrogens (primary N) is 3. The lowest BCUT2D eigenvalue weighted by Gasteiger charge is -2.30. The lowest BCUT2D eigenvalue weighted by Crippen LogP contribution is -2.60. The number of carboxylic acids is 1. The first-order valence-corrected chi connectivity index (χ1v) is 20.5. The molecule has 0 radical (unpaired) electrons. The van der Waals surface area contributed by atoms with Crippen molar-refractivity contribution in [2.45, 2.75) is 129 Å². The van der Waals surface area contributed by atoms with Crippen molar-refractivity contribution < 1.29 is 53.4 Å². The predicted octanol–water partition coefficient (Wildman–Crippen LogP) is -4.14. The van der Waals surface area contributed by atoms with E-state index in [1.165, 1.54) is 11.8 Å². The molecule has 23 nitrogen and oxygen atoms in total. The maximum atomic E-state index is 13.7. The van der Waals surface area contributed by atoms with Gasteiger partial charge in [0.2, 0.25) is 47.3 Å². The molecule has 8 amide bonds. The summed E-state index contributed by atoms with van der Waals surface area (Å²) in [6.07, 6.45) is 1.29. The van der Waals surface area contributed by atoms with Gasteiger partial charge < -0.3 is 69.5 Å². The monoisotopic (exact) mass is 869 g/mol. The maximum absolute atomic E-state index is 13.7. The highest BCUT2D eigenvalue weighted by Crippen LogP contribution is 2.20. The van der Waals surface area contributed by atoms with E-state index in [1.54, 1.807) is 13.8 Å². The summed E-state index contributed by atoms with van der Waals surface area (Å²) in [7, 11) is 0. The first kappa shape index (κ1) is 53.4. The van der Waals surface area contributed by atoms with E-state index in [0.29, 0.717) is 6.42 Å². The number of rotatable bonds is 26. The number of carbonyl (C=O) groups excluding carboxylic acids is 8. The third kappa shape index (κ3) is 19.1. The van der Waals surface area contributed by atoms with Gasteiger partial charge in [-0.1, -0.05) is 41.5 Å². The van der Waals surface area contributed by atoms with Crippen LogP contribution in [-0.4, -0.2) is 149 Å². The van der Waals surface area contributed by atoms with E-state index in [1.807, 2.05) is 27.7 Å². The standard InChI is InChI=1S/C38H68N12O11/c1-19(2)14-24(48-33(56)25(15-20(3)4)45-28(52)16-39)31(54)43-17-29(53)46-26(18-51)36(59)50-13-9-11-27(50)34(57)49-30(21(5)6)35(58)47-23(10-8-12-42-38(40)41)32(55)44-22(7)37(60)61/h19-27,30,51H,8-18,39H2,1-7H3,(H,43,54)(H,44,55)(H,45,52)(H,46,53)(H,47,58)(H,48,56)(H,49,57)(H,60,61)(H4,40,41,42)/t22-,23-,24-,25-,26-,27-,30-/m0/s1. The third-order valence-corrected chi connectivity index (χ3v) is 9.52. The van der Waals surface area contributed by atoms with Crippen LogP contribution in [0.4, 0.5) is 0 Å². The lowest BCUT2D eigenvalue weighted by atomic mass is 10.00. The fraction of sp³-hybridized carbons (Fsp3) is 0.737. The Balaban J connectivity index is 3.04. The Morgan fingerprint density at radius 3 is 1.80 bits per heavy atom. The molecule has 0 spiro atoms. The van der Waals surface area contributed by atoms with E-state index < -0.39 is 115 Å². The molecule has 1 heterocycles. The van der Waals surface area contributed by atoms with Crippen LogP contribution in [0.1, 0.15) is 87.0 Å². The van der Waals surface area contributed by atoms with Gasteiger partial charge in [-0.25, -0.2) is 0 Å². The highest BCUT2D eigenvalue weighted by molar-refractivity contribution is 5.97. The predicted molar refractivity (Wildman–Crippen MR) is 222 cm³/mol. The Bertz CT molecular complexity index is 1570. The first-order chi connectivity index (χ1) is 28.5. The molecule has 1 aliphatic heterocycles. The summed E-state index contributed by atoms with van der Waals surface area (Å²) in [6, 6.07) is -8.34. The number of hydrogen-bond donors (Lipinski definition) is 12. The van der Waals surface area contributed by atoms with Crippen LogP contribution in [-0.2, 0) is 43.2 Å². The van der Waals surface area contributed by atoms with Gasteiger partial charge in [0.1, 0.15) is 42.3 Å². The van der Waals surface area contributed by atoms with Gasteiger partial charge in [0.15, 0.2) is 5.96 Å². The molecule has 346 valence electrons. The average molecular weight is 869 g/mol. The largest absolute Gasteiger partial charge is 0.480 e. The number of carboxylic acid groups (broad SMARTS) is 1. The molecule has 61 heavy (non-hydrogen) atoms. The Morgan fingerprint density at radius 1 is 0.721 bits per heavy atom. The van der Waals surface area contributed by atoms with Crippen LogP contribution in [0.5, 0.6) is 0 Å². The zero-order chi connectivity index (χ0) is 46.6. The fourth-order valence-electron chi connectivity index (χ4n) is 6.35. The van der Waals surface area contributed by atoms with Crippen molar-refractivity contribution in [1.82, 2.24) is 42.1 Å². The van der Waals surface area contributed by atoms with Gasteiger partial charge in [-0.3, -0.25) is 48.1 Å². The van der Waals surface area contributed by atoms with Gasteiger partial charge in [0, 0.05) is 13.1 Å². The maximum Gasteiger partial charge on any atom is 0.325 e. The zero-order valence-corrected chi connectivity index (χ0v) is 36.2. The van der Waals surface area contributed by atoms with Crippen LogP contribution in [0.25, 0.3) is 0 Å². The second kappa shape index (κ2) is 26.6. The SMILES string of the molecule is CC(C)C[C@H](NC(=O)CN)C(=O)N[C@@H](CC(C)C)C(=O)NCC(=O)N[C@@H](CO)C(=O)N1CCC[C@H]1C(=O)N[C@H](C(=O)N[C@@H](CCCN=C(N)N)C(=O)N[C@@H](C)C(=O)O)C(C)C. The van der Waals surface area contributed by atoms with E-state index in [9.17, 15) is 53.4 Å².